The van der Waals surface area contributed by atoms with Gasteiger partial charge in [0.1, 0.15) is 0 Å². The van der Waals surface area contributed by atoms with Gasteiger partial charge in [0, 0.05) is 12.3 Å². The molecule has 0 saturated heterocycles. The van der Waals surface area contributed by atoms with Crippen molar-refractivity contribution in [1.29, 1.82) is 0 Å². The van der Waals surface area contributed by atoms with Crippen molar-refractivity contribution in [2.45, 2.75) is 4.90 Å². The van der Waals surface area contributed by atoms with Crippen LogP contribution in [0.3, 0.4) is 0 Å². The van der Waals surface area contributed by atoms with Crippen LogP contribution >= 0.6 is 0 Å². The standard InChI is InChI=1S/C10H11NO4S/c1-16(14,15)9-5-2-8(3-6-9)4-7-10(12)11-13/h2-7,13H,1H3,(H,11,12)/b7-4+. The molecular weight excluding hydrogens is 230 g/mol. The minimum absolute atomic E-state index is 0.219. The Bertz CT molecular complexity index is 502. The minimum Gasteiger partial charge on any atom is -0.288 e. The molecule has 0 aliphatic heterocycles. The highest BCUT2D eigenvalue weighted by molar-refractivity contribution is 7.90. The molecule has 16 heavy (non-hydrogen) atoms. The van der Waals surface area contributed by atoms with Gasteiger partial charge in [0.25, 0.3) is 5.91 Å². The van der Waals surface area contributed by atoms with Crippen LogP contribution in [0.15, 0.2) is 35.2 Å². The van der Waals surface area contributed by atoms with Gasteiger partial charge in [-0.05, 0) is 23.8 Å². The number of rotatable bonds is 3. The lowest BCUT2D eigenvalue weighted by molar-refractivity contribution is -0.124. The van der Waals surface area contributed by atoms with Gasteiger partial charge in [-0.3, -0.25) is 10.0 Å². The van der Waals surface area contributed by atoms with Gasteiger partial charge in [0.2, 0.25) is 0 Å². The molecule has 0 spiro atoms. The first-order valence-corrected chi connectivity index (χ1v) is 6.25. The van der Waals surface area contributed by atoms with E-state index in [9.17, 15) is 13.2 Å². The largest absolute Gasteiger partial charge is 0.288 e. The minimum atomic E-state index is -3.20. The predicted molar refractivity (Wildman–Crippen MR) is 58.5 cm³/mol. The zero-order valence-electron chi connectivity index (χ0n) is 8.54. The molecule has 1 aromatic rings. The molecule has 0 bridgehead atoms. The first-order chi connectivity index (χ1) is 7.43. The van der Waals surface area contributed by atoms with E-state index in [-0.39, 0.29) is 4.90 Å². The molecule has 0 unspecified atom stereocenters. The van der Waals surface area contributed by atoms with Crippen molar-refractivity contribution in [3.63, 3.8) is 0 Å². The molecule has 0 aliphatic rings. The lowest BCUT2D eigenvalue weighted by atomic mass is 10.2. The summed E-state index contributed by atoms with van der Waals surface area (Å²) in [5.41, 5.74) is 2.11. The van der Waals surface area contributed by atoms with Crippen LogP contribution in [0.2, 0.25) is 0 Å². The maximum atomic E-state index is 11.1. The number of carbonyl (C=O) groups is 1. The molecule has 0 heterocycles. The molecule has 0 atom stereocenters. The van der Waals surface area contributed by atoms with Gasteiger partial charge in [-0.25, -0.2) is 13.9 Å². The number of sulfone groups is 1. The second-order valence-corrected chi connectivity index (χ2v) is 5.17. The molecule has 5 nitrogen and oxygen atoms in total. The van der Waals surface area contributed by atoms with Crippen LogP contribution in [-0.2, 0) is 14.6 Å². The quantitative estimate of drug-likeness (QED) is 0.461. The Hall–Kier alpha value is -1.66. The third-order valence-corrected chi connectivity index (χ3v) is 2.97. The summed E-state index contributed by atoms with van der Waals surface area (Å²) in [7, 11) is -3.20. The van der Waals surface area contributed by atoms with Crippen LogP contribution in [0.1, 0.15) is 5.56 Å². The molecule has 1 rings (SSSR count). The Morgan fingerprint density at radius 2 is 1.88 bits per heavy atom. The van der Waals surface area contributed by atoms with E-state index in [1.807, 2.05) is 0 Å². The maximum Gasteiger partial charge on any atom is 0.267 e. The van der Waals surface area contributed by atoms with Crippen LogP contribution < -0.4 is 5.48 Å². The first kappa shape index (κ1) is 12.4. The van der Waals surface area contributed by atoms with E-state index in [0.717, 1.165) is 12.3 Å². The summed E-state index contributed by atoms with van der Waals surface area (Å²) < 4.78 is 22.3. The molecule has 6 heteroatoms. The number of hydroxylamine groups is 1. The van der Waals surface area contributed by atoms with Crippen molar-refractivity contribution in [2.75, 3.05) is 6.26 Å². The SMILES string of the molecule is CS(=O)(=O)c1ccc(/C=C/C(=O)NO)cc1. The number of amides is 1. The number of nitrogens with one attached hydrogen (secondary N) is 1. The van der Waals surface area contributed by atoms with E-state index in [1.165, 1.54) is 23.7 Å². The molecule has 0 radical (unpaired) electrons. The lowest BCUT2D eigenvalue weighted by Gasteiger charge is -1.98. The lowest BCUT2D eigenvalue weighted by Crippen LogP contribution is -2.14. The van der Waals surface area contributed by atoms with E-state index in [1.54, 1.807) is 12.1 Å². The summed E-state index contributed by atoms with van der Waals surface area (Å²) in [5, 5.41) is 8.23. The number of carbonyl (C=O) groups excluding carboxylic acids is 1. The zero-order chi connectivity index (χ0) is 12.2. The summed E-state index contributed by atoms with van der Waals surface area (Å²) in [6.45, 7) is 0. The fraction of sp³-hybridized carbons (Fsp3) is 0.100. The van der Waals surface area contributed by atoms with Crippen LogP contribution in [0, 0.1) is 0 Å². The topological polar surface area (TPSA) is 83.5 Å². The molecule has 86 valence electrons. The van der Waals surface area contributed by atoms with Gasteiger partial charge >= 0.3 is 0 Å². The molecule has 1 amide bonds. The van der Waals surface area contributed by atoms with Gasteiger partial charge in [-0.15, -0.1) is 0 Å². The van der Waals surface area contributed by atoms with Crippen molar-refractivity contribution < 1.29 is 18.4 Å². The summed E-state index contributed by atoms with van der Waals surface area (Å²) in [5.74, 6) is -0.646. The van der Waals surface area contributed by atoms with Crippen molar-refractivity contribution in [1.82, 2.24) is 5.48 Å². The van der Waals surface area contributed by atoms with E-state index in [4.69, 9.17) is 5.21 Å². The fourth-order valence-corrected chi connectivity index (χ4v) is 1.67. The summed E-state index contributed by atoms with van der Waals surface area (Å²) in [6, 6.07) is 6.03. The Balaban J connectivity index is 2.88. The molecule has 0 aliphatic carbocycles. The average Bonchev–Trinajstić information content (AvgIpc) is 2.25. The molecule has 1 aromatic carbocycles. The Labute approximate surface area is 93.3 Å². The van der Waals surface area contributed by atoms with Gasteiger partial charge in [0.15, 0.2) is 9.84 Å². The van der Waals surface area contributed by atoms with Crippen molar-refractivity contribution in [3.8, 4) is 0 Å². The van der Waals surface area contributed by atoms with E-state index in [2.05, 4.69) is 0 Å². The molecular formula is C10H11NO4S. The fourth-order valence-electron chi connectivity index (χ4n) is 1.04. The molecule has 0 fully saturated rings. The Morgan fingerprint density at radius 1 is 1.31 bits per heavy atom. The highest BCUT2D eigenvalue weighted by atomic mass is 32.2. The van der Waals surface area contributed by atoms with E-state index >= 15 is 0 Å². The van der Waals surface area contributed by atoms with Crippen molar-refractivity contribution >= 4 is 21.8 Å². The van der Waals surface area contributed by atoms with Crippen LogP contribution in [0.25, 0.3) is 6.08 Å². The molecule has 2 N–H and O–H groups in total. The van der Waals surface area contributed by atoms with Gasteiger partial charge < -0.3 is 0 Å². The first-order valence-electron chi connectivity index (χ1n) is 4.36. The number of hydrogen-bond donors (Lipinski definition) is 2. The maximum absolute atomic E-state index is 11.1. The molecule has 0 saturated carbocycles. The summed E-state index contributed by atoms with van der Waals surface area (Å²) in [6.07, 6.45) is 3.71. The van der Waals surface area contributed by atoms with E-state index in [0.29, 0.717) is 5.56 Å². The van der Waals surface area contributed by atoms with Crippen LogP contribution in [0.5, 0.6) is 0 Å². The third kappa shape index (κ3) is 3.48. The van der Waals surface area contributed by atoms with Crippen LogP contribution in [0.4, 0.5) is 0 Å². The van der Waals surface area contributed by atoms with Crippen LogP contribution in [-0.4, -0.2) is 25.8 Å². The van der Waals surface area contributed by atoms with Gasteiger partial charge in [-0.2, -0.15) is 0 Å². The van der Waals surface area contributed by atoms with Gasteiger partial charge in [-0.1, -0.05) is 12.1 Å². The highest BCUT2D eigenvalue weighted by Gasteiger charge is 2.05. The average molecular weight is 241 g/mol. The number of benzene rings is 1. The Kier molecular flexibility index (Phi) is 3.81. The third-order valence-electron chi connectivity index (χ3n) is 1.85. The van der Waals surface area contributed by atoms with Crippen molar-refractivity contribution in [3.05, 3.63) is 35.9 Å². The molecule has 0 aromatic heterocycles. The van der Waals surface area contributed by atoms with Crippen molar-refractivity contribution in [2.24, 2.45) is 0 Å². The second kappa shape index (κ2) is 4.91. The Morgan fingerprint density at radius 3 is 2.31 bits per heavy atom. The predicted octanol–water partition coefficient (Wildman–Crippen LogP) is 0.609. The second-order valence-electron chi connectivity index (χ2n) is 3.15. The van der Waals surface area contributed by atoms with Gasteiger partial charge in [0.05, 0.1) is 4.90 Å². The number of hydrogen-bond acceptors (Lipinski definition) is 4. The summed E-state index contributed by atoms with van der Waals surface area (Å²) in [4.78, 5) is 10.9. The van der Waals surface area contributed by atoms with E-state index < -0.39 is 15.7 Å². The smallest absolute Gasteiger partial charge is 0.267 e. The zero-order valence-corrected chi connectivity index (χ0v) is 9.36. The highest BCUT2D eigenvalue weighted by Crippen LogP contribution is 2.11. The monoisotopic (exact) mass is 241 g/mol. The normalized spacial score (nSPS) is 11.6. The summed E-state index contributed by atoms with van der Waals surface area (Å²) >= 11 is 0.